The molecule has 4 N–H and O–H groups in total. The number of carboxylic acid groups (broad SMARTS) is 1. The Morgan fingerprint density at radius 1 is 1.22 bits per heavy atom. The van der Waals surface area contributed by atoms with E-state index >= 15 is 0 Å². The number of primary amides is 1. The fourth-order valence-electron chi connectivity index (χ4n) is 2.98. The van der Waals surface area contributed by atoms with Gasteiger partial charge in [-0.2, -0.15) is 0 Å². The number of aliphatic carboxylic acids is 1. The molecule has 27 heavy (non-hydrogen) atoms. The maximum Gasteiger partial charge on any atom is 0.309 e. The molecule has 0 spiro atoms. The van der Waals surface area contributed by atoms with E-state index in [1.807, 2.05) is 30.3 Å². The van der Waals surface area contributed by atoms with E-state index in [0.717, 1.165) is 5.56 Å². The topological polar surface area (TPSA) is 118 Å². The number of hydrogen-bond donors (Lipinski definition) is 3. The van der Waals surface area contributed by atoms with Crippen LogP contribution in [0, 0.1) is 5.92 Å². The van der Waals surface area contributed by atoms with E-state index in [0.29, 0.717) is 5.57 Å². The summed E-state index contributed by atoms with van der Waals surface area (Å²) in [6.45, 7) is 8.12. The minimum Gasteiger partial charge on any atom is -0.481 e. The van der Waals surface area contributed by atoms with Crippen molar-refractivity contribution in [1.82, 2.24) is 0 Å². The normalized spacial score (nSPS) is 16.3. The Balaban J connectivity index is 3.02. The molecule has 150 valence electrons. The van der Waals surface area contributed by atoms with E-state index in [-0.39, 0.29) is 24.7 Å². The number of hydrogen-bond acceptors (Lipinski definition) is 4. The first kappa shape index (κ1) is 23.1. The maximum absolute atomic E-state index is 11.7. The minimum absolute atomic E-state index is 0.0403. The van der Waals surface area contributed by atoms with Gasteiger partial charge in [-0.25, -0.2) is 0 Å². The average molecular weight is 395 g/mol. The number of nitrogens with two attached hydrogens (primary N) is 1. The fraction of sp³-hybridized carbons (Fsp3) is 0.500. The molecule has 0 saturated carbocycles. The summed E-state index contributed by atoms with van der Waals surface area (Å²) in [5.74, 6) is -3.26. The molecule has 0 saturated heterocycles. The number of rotatable bonds is 9. The van der Waals surface area contributed by atoms with Crippen LogP contribution in [-0.2, 0) is 19.6 Å². The zero-order valence-electron chi connectivity index (χ0n) is 16.4. The SMILES string of the molecule is CC(=Cc1ccc(C(C)(C)C)cc1)CC(O)([PH2]=O)C(CCC(N)=O)C(=O)O. The molecule has 0 bridgehead atoms. The molecule has 1 rings (SSSR count). The van der Waals surface area contributed by atoms with Crippen LogP contribution in [0.25, 0.3) is 6.08 Å². The highest BCUT2D eigenvalue weighted by atomic mass is 31.1. The predicted molar refractivity (Wildman–Crippen MR) is 108 cm³/mol. The van der Waals surface area contributed by atoms with E-state index in [9.17, 15) is 24.4 Å². The molecular weight excluding hydrogens is 365 g/mol. The quantitative estimate of drug-likeness (QED) is 0.555. The van der Waals surface area contributed by atoms with Gasteiger partial charge in [-0.05, 0) is 29.9 Å². The summed E-state index contributed by atoms with van der Waals surface area (Å²) in [6, 6.07) is 7.96. The van der Waals surface area contributed by atoms with Gasteiger partial charge in [0.1, 0.15) is 5.34 Å². The van der Waals surface area contributed by atoms with Gasteiger partial charge in [-0.3, -0.25) is 9.59 Å². The Morgan fingerprint density at radius 2 is 1.78 bits per heavy atom. The van der Waals surface area contributed by atoms with Crippen LogP contribution in [0.2, 0.25) is 0 Å². The van der Waals surface area contributed by atoms with Crippen molar-refractivity contribution in [2.45, 2.75) is 57.7 Å². The number of carboxylic acids is 1. The molecule has 0 radical (unpaired) electrons. The van der Waals surface area contributed by atoms with Crippen LogP contribution in [-0.4, -0.2) is 27.4 Å². The Morgan fingerprint density at radius 3 is 2.19 bits per heavy atom. The van der Waals surface area contributed by atoms with Crippen LogP contribution < -0.4 is 5.73 Å². The Bertz CT molecular complexity index is 721. The first-order chi connectivity index (χ1) is 12.4. The smallest absolute Gasteiger partial charge is 0.309 e. The Kier molecular flexibility index (Phi) is 8.00. The van der Waals surface area contributed by atoms with Crippen LogP contribution in [0.3, 0.4) is 0 Å². The lowest BCUT2D eigenvalue weighted by molar-refractivity contribution is -0.147. The van der Waals surface area contributed by atoms with Gasteiger partial charge in [0.2, 0.25) is 5.91 Å². The first-order valence-corrected chi connectivity index (χ1v) is 9.91. The standard InChI is InChI=1S/C20H30NO5P/c1-13(11-14-5-7-15(8-6-14)19(2,3)4)12-20(25,27-26)16(18(23)24)9-10-17(21)22/h5-8,11,16,25H,9-10,12,27H2,1-4H3,(H2,21,22)(H,23,24). The van der Waals surface area contributed by atoms with Gasteiger partial charge >= 0.3 is 5.97 Å². The summed E-state index contributed by atoms with van der Waals surface area (Å²) in [4.78, 5) is 22.5. The van der Waals surface area contributed by atoms with Crippen molar-refractivity contribution in [2.75, 3.05) is 0 Å². The summed E-state index contributed by atoms with van der Waals surface area (Å²) in [7, 11) is -1.79. The maximum atomic E-state index is 11.7. The average Bonchev–Trinajstić information content (AvgIpc) is 2.53. The van der Waals surface area contributed by atoms with Gasteiger partial charge in [0.05, 0.1) is 14.4 Å². The number of carbonyl (C=O) groups is 2. The lowest BCUT2D eigenvalue weighted by atomic mass is 9.86. The lowest BCUT2D eigenvalue weighted by Gasteiger charge is -2.29. The van der Waals surface area contributed by atoms with Crippen molar-refractivity contribution in [3.8, 4) is 0 Å². The lowest BCUT2D eigenvalue weighted by Crippen LogP contribution is -2.38. The summed E-state index contributed by atoms with van der Waals surface area (Å²) in [5, 5.41) is 18.2. The summed E-state index contributed by atoms with van der Waals surface area (Å²) >= 11 is 0. The molecule has 3 atom stereocenters. The van der Waals surface area contributed by atoms with Crippen molar-refractivity contribution < 1.29 is 24.4 Å². The van der Waals surface area contributed by atoms with Crippen molar-refractivity contribution in [3.63, 3.8) is 0 Å². The van der Waals surface area contributed by atoms with Crippen molar-refractivity contribution in [1.29, 1.82) is 0 Å². The van der Waals surface area contributed by atoms with Crippen LogP contribution in [0.1, 0.15) is 58.1 Å². The van der Waals surface area contributed by atoms with E-state index in [4.69, 9.17) is 5.73 Å². The van der Waals surface area contributed by atoms with Crippen molar-refractivity contribution >= 4 is 26.4 Å². The van der Waals surface area contributed by atoms with Crippen molar-refractivity contribution in [2.24, 2.45) is 11.7 Å². The van der Waals surface area contributed by atoms with Gasteiger partial charge in [0.25, 0.3) is 0 Å². The molecule has 1 aromatic rings. The minimum atomic E-state index is -1.90. The molecule has 0 aliphatic carbocycles. The molecule has 1 amide bonds. The number of carbonyl (C=O) groups excluding carboxylic acids is 1. The molecule has 0 aliphatic heterocycles. The Hall–Kier alpha value is -1.91. The molecule has 3 unspecified atom stereocenters. The zero-order valence-corrected chi connectivity index (χ0v) is 17.5. The predicted octanol–water partition coefficient (Wildman–Crippen LogP) is 3.19. The van der Waals surface area contributed by atoms with Crippen LogP contribution >= 0.6 is 8.46 Å². The van der Waals surface area contributed by atoms with E-state index in [2.05, 4.69) is 20.8 Å². The molecule has 0 heterocycles. The van der Waals surface area contributed by atoms with E-state index < -0.39 is 31.6 Å². The van der Waals surface area contributed by atoms with Crippen LogP contribution in [0.15, 0.2) is 29.8 Å². The van der Waals surface area contributed by atoms with E-state index in [1.165, 1.54) is 5.56 Å². The first-order valence-electron chi connectivity index (χ1n) is 8.86. The molecular formula is C20H30NO5P. The largest absolute Gasteiger partial charge is 0.481 e. The second kappa shape index (κ2) is 9.34. The second-order valence-corrected chi connectivity index (χ2v) is 9.28. The van der Waals surface area contributed by atoms with Gasteiger partial charge in [0, 0.05) is 12.8 Å². The summed E-state index contributed by atoms with van der Waals surface area (Å²) < 4.78 is 11.7. The Labute approximate surface area is 161 Å². The van der Waals surface area contributed by atoms with Crippen molar-refractivity contribution in [3.05, 3.63) is 41.0 Å². The summed E-state index contributed by atoms with van der Waals surface area (Å²) in [5.41, 5.74) is 7.92. The molecule has 6 nitrogen and oxygen atoms in total. The van der Waals surface area contributed by atoms with Gasteiger partial charge in [0.15, 0.2) is 0 Å². The van der Waals surface area contributed by atoms with Gasteiger partial charge < -0.3 is 20.5 Å². The highest BCUT2D eigenvalue weighted by Gasteiger charge is 2.41. The third kappa shape index (κ3) is 6.96. The van der Waals surface area contributed by atoms with Crippen LogP contribution in [0.5, 0.6) is 0 Å². The number of amides is 1. The number of aliphatic hydroxyl groups is 1. The van der Waals surface area contributed by atoms with E-state index in [1.54, 1.807) is 6.92 Å². The highest BCUT2D eigenvalue weighted by Crippen LogP contribution is 2.38. The third-order valence-corrected chi connectivity index (χ3v) is 5.55. The monoisotopic (exact) mass is 395 g/mol. The molecule has 1 aromatic carbocycles. The molecule has 0 aromatic heterocycles. The molecule has 7 heteroatoms. The second-order valence-electron chi connectivity index (χ2n) is 8.04. The van der Waals surface area contributed by atoms with Crippen LogP contribution in [0.4, 0.5) is 0 Å². The molecule has 0 aliphatic rings. The summed E-state index contributed by atoms with van der Waals surface area (Å²) in [6.07, 6.45) is 1.45. The van der Waals surface area contributed by atoms with Gasteiger partial charge in [-0.1, -0.05) is 56.7 Å². The highest BCUT2D eigenvalue weighted by molar-refractivity contribution is 7.25. The zero-order chi connectivity index (χ0) is 20.8. The fourth-order valence-corrected chi connectivity index (χ4v) is 3.86. The number of benzene rings is 1. The van der Waals surface area contributed by atoms with Gasteiger partial charge in [-0.15, -0.1) is 0 Å². The third-order valence-electron chi connectivity index (χ3n) is 4.54. The molecule has 0 fully saturated rings.